The highest BCUT2D eigenvalue weighted by atomic mass is 16.2. The van der Waals surface area contributed by atoms with E-state index >= 15 is 0 Å². The first-order valence-corrected chi connectivity index (χ1v) is 6.26. The highest BCUT2D eigenvalue weighted by Gasteiger charge is 2.00. The van der Waals surface area contributed by atoms with Crippen molar-refractivity contribution in [3.63, 3.8) is 0 Å². The minimum Gasteiger partial charge on any atom is -0.395 e. The number of carbonyl (C=O) groups is 1. The molecule has 3 heteroatoms. The number of nitrogens with one attached hydrogen (secondary N) is 1. The highest BCUT2D eigenvalue weighted by molar-refractivity contribution is 5.90. The molecule has 18 heavy (non-hydrogen) atoms. The Kier molecular flexibility index (Phi) is 6.60. The van der Waals surface area contributed by atoms with Crippen LogP contribution in [0, 0.1) is 11.8 Å². The predicted octanol–water partition coefficient (Wildman–Crippen LogP) is 2.55. The lowest BCUT2D eigenvalue weighted by molar-refractivity contribution is -0.116. The Bertz CT molecular complexity index is 426. The van der Waals surface area contributed by atoms with Crippen LogP contribution in [-0.4, -0.2) is 17.6 Å². The first-order chi connectivity index (χ1) is 8.76. The van der Waals surface area contributed by atoms with Crippen LogP contribution in [0.15, 0.2) is 24.3 Å². The summed E-state index contributed by atoms with van der Waals surface area (Å²) in [6, 6.07) is 7.40. The highest BCUT2D eigenvalue weighted by Crippen LogP contribution is 2.09. The van der Waals surface area contributed by atoms with Gasteiger partial charge in [-0.1, -0.05) is 25.2 Å². The maximum atomic E-state index is 11.5. The number of aliphatic hydroxyl groups is 1. The lowest BCUT2D eigenvalue weighted by Crippen LogP contribution is -2.10. The fourth-order valence-corrected chi connectivity index (χ4v) is 1.42. The molecular weight excluding hydrogens is 226 g/mol. The molecule has 0 aliphatic carbocycles. The van der Waals surface area contributed by atoms with E-state index in [1.54, 1.807) is 0 Å². The van der Waals surface area contributed by atoms with Crippen molar-refractivity contribution in [3.8, 4) is 11.8 Å². The summed E-state index contributed by atoms with van der Waals surface area (Å²) in [5.41, 5.74) is 1.68. The SMILES string of the molecule is CCCCC(=O)Nc1ccc(C#CCCO)cc1. The van der Waals surface area contributed by atoms with Gasteiger partial charge < -0.3 is 10.4 Å². The second kappa shape index (κ2) is 8.32. The Balaban J connectivity index is 2.50. The summed E-state index contributed by atoms with van der Waals surface area (Å²) in [5, 5.41) is 11.5. The molecule has 0 unspecified atom stereocenters. The average Bonchev–Trinajstić information content (AvgIpc) is 2.39. The lowest BCUT2D eigenvalue weighted by atomic mass is 10.2. The van der Waals surface area contributed by atoms with Gasteiger partial charge in [-0.3, -0.25) is 4.79 Å². The number of hydrogen-bond donors (Lipinski definition) is 2. The van der Waals surface area contributed by atoms with E-state index in [0.29, 0.717) is 12.8 Å². The summed E-state index contributed by atoms with van der Waals surface area (Å²) in [4.78, 5) is 11.5. The van der Waals surface area contributed by atoms with Gasteiger partial charge in [0.1, 0.15) is 0 Å². The van der Waals surface area contributed by atoms with Crippen molar-refractivity contribution in [2.45, 2.75) is 32.6 Å². The van der Waals surface area contributed by atoms with Crippen molar-refractivity contribution in [1.82, 2.24) is 0 Å². The number of benzene rings is 1. The minimum absolute atomic E-state index is 0.0518. The Hall–Kier alpha value is -1.79. The molecule has 0 fully saturated rings. The summed E-state index contributed by atoms with van der Waals surface area (Å²) in [6.07, 6.45) is 2.98. The largest absolute Gasteiger partial charge is 0.395 e. The first-order valence-electron chi connectivity index (χ1n) is 6.26. The quantitative estimate of drug-likeness (QED) is 0.783. The minimum atomic E-state index is 0.0518. The topological polar surface area (TPSA) is 49.3 Å². The van der Waals surface area contributed by atoms with Gasteiger partial charge in [0.25, 0.3) is 0 Å². The lowest BCUT2D eigenvalue weighted by Gasteiger charge is -2.04. The summed E-state index contributed by atoms with van der Waals surface area (Å²) >= 11 is 0. The van der Waals surface area contributed by atoms with E-state index < -0.39 is 0 Å². The molecule has 0 saturated carbocycles. The molecule has 3 nitrogen and oxygen atoms in total. The van der Waals surface area contributed by atoms with Crippen molar-refractivity contribution >= 4 is 11.6 Å². The van der Waals surface area contributed by atoms with E-state index in [9.17, 15) is 4.79 Å². The fourth-order valence-electron chi connectivity index (χ4n) is 1.42. The third kappa shape index (κ3) is 5.51. The second-order valence-corrected chi connectivity index (χ2v) is 4.00. The van der Waals surface area contributed by atoms with Gasteiger partial charge in [0.15, 0.2) is 0 Å². The molecule has 0 aliphatic heterocycles. The van der Waals surface area contributed by atoms with Crippen molar-refractivity contribution in [2.24, 2.45) is 0 Å². The van der Waals surface area contributed by atoms with Gasteiger partial charge in [0.05, 0.1) is 6.61 Å². The van der Waals surface area contributed by atoms with E-state index in [2.05, 4.69) is 24.1 Å². The number of anilines is 1. The Morgan fingerprint density at radius 1 is 1.33 bits per heavy atom. The predicted molar refractivity (Wildman–Crippen MR) is 73.2 cm³/mol. The van der Waals surface area contributed by atoms with Crippen molar-refractivity contribution in [2.75, 3.05) is 11.9 Å². The first kappa shape index (κ1) is 14.3. The van der Waals surface area contributed by atoms with Crippen molar-refractivity contribution in [3.05, 3.63) is 29.8 Å². The Morgan fingerprint density at radius 3 is 2.67 bits per heavy atom. The molecular formula is C15H19NO2. The van der Waals surface area contributed by atoms with Crippen LogP contribution in [0.1, 0.15) is 38.2 Å². The average molecular weight is 245 g/mol. The van der Waals surface area contributed by atoms with E-state index in [-0.39, 0.29) is 12.5 Å². The molecule has 96 valence electrons. The maximum absolute atomic E-state index is 11.5. The molecule has 0 spiro atoms. The molecule has 1 aromatic carbocycles. The summed E-state index contributed by atoms with van der Waals surface area (Å²) in [5.74, 6) is 5.84. The Labute approximate surface area is 108 Å². The fraction of sp³-hybridized carbons (Fsp3) is 0.400. The standard InChI is InChI=1S/C15H19NO2/c1-2-3-7-15(18)16-14-10-8-13(9-11-14)6-4-5-12-17/h8-11,17H,2-3,5,7,12H2,1H3,(H,16,18). The van der Waals surface area contributed by atoms with Gasteiger partial charge in [-0.25, -0.2) is 0 Å². The van der Waals surface area contributed by atoms with Crippen LogP contribution in [0.3, 0.4) is 0 Å². The summed E-state index contributed by atoms with van der Waals surface area (Å²) in [7, 11) is 0. The maximum Gasteiger partial charge on any atom is 0.224 e. The molecule has 1 aromatic rings. The van der Waals surface area contributed by atoms with E-state index in [1.165, 1.54) is 0 Å². The number of rotatable bonds is 5. The van der Waals surface area contributed by atoms with Gasteiger partial charge in [0, 0.05) is 24.1 Å². The molecule has 0 saturated heterocycles. The molecule has 0 heterocycles. The number of amides is 1. The number of carbonyl (C=O) groups excluding carboxylic acids is 1. The summed E-state index contributed by atoms with van der Waals surface area (Å²) in [6.45, 7) is 2.14. The number of unbranched alkanes of at least 4 members (excludes halogenated alkanes) is 1. The normalized spacial score (nSPS) is 9.44. The molecule has 0 radical (unpaired) electrons. The van der Waals surface area contributed by atoms with Crippen LogP contribution in [-0.2, 0) is 4.79 Å². The molecule has 0 aliphatic rings. The number of aliphatic hydroxyl groups excluding tert-OH is 1. The molecule has 0 bridgehead atoms. The third-order valence-electron chi connectivity index (χ3n) is 2.40. The van der Waals surface area contributed by atoms with Crippen LogP contribution in [0.4, 0.5) is 5.69 Å². The molecule has 0 aromatic heterocycles. The van der Waals surface area contributed by atoms with Gasteiger partial charge in [-0.05, 0) is 30.7 Å². The van der Waals surface area contributed by atoms with Gasteiger partial charge in [-0.15, -0.1) is 0 Å². The van der Waals surface area contributed by atoms with Crippen LogP contribution in [0.25, 0.3) is 0 Å². The van der Waals surface area contributed by atoms with Crippen LogP contribution >= 0.6 is 0 Å². The van der Waals surface area contributed by atoms with Crippen LogP contribution < -0.4 is 5.32 Å². The molecule has 2 N–H and O–H groups in total. The number of hydrogen-bond acceptors (Lipinski definition) is 2. The molecule has 1 rings (SSSR count). The zero-order chi connectivity index (χ0) is 13.2. The van der Waals surface area contributed by atoms with Gasteiger partial charge >= 0.3 is 0 Å². The van der Waals surface area contributed by atoms with E-state index in [0.717, 1.165) is 24.1 Å². The zero-order valence-electron chi connectivity index (χ0n) is 10.7. The summed E-state index contributed by atoms with van der Waals surface area (Å²) < 4.78 is 0. The van der Waals surface area contributed by atoms with Gasteiger partial charge in [-0.2, -0.15) is 0 Å². The monoisotopic (exact) mass is 245 g/mol. The van der Waals surface area contributed by atoms with Gasteiger partial charge in [0.2, 0.25) is 5.91 Å². The van der Waals surface area contributed by atoms with Crippen molar-refractivity contribution < 1.29 is 9.90 Å². The second-order valence-electron chi connectivity index (χ2n) is 4.00. The Morgan fingerprint density at radius 2 is 2.06 bits per heavy atom. The van der Waals surface area contributed by atoms with Crippen LogP contribution in [0.5, 0.6) is 0 Å². The molecule has 1 amide bonds. The zero-order valence-corrected chi connectivity index (χ0v) is 10.7. The van der Waals surface area contributed by atoms with E-state index in [1.807, 2.05) is 24.3 Å². The molecule has 0 atom stereocenters. The third-order valence-corrected chi connectivity index (χ3v) is 2.40. The smallest absolute Gasteiger partial charge is 0.224 e. The van der Waals surface area contributed by atoms with Crippen molar-refractivity contribution in [1.29, 1.82) is 0 Å². The van der Waals surface area contributed by atoms with Crippen LogP contribution in [0.2, 0.25) is 0 Å². The van der Waals surface area contributed by atoms with E-state index in [4.69, 9.17) is 5.11 Å².